The summed E-state index contributed by atoms with van der Waals surface area (Å²) >= 11 is 0. The summed E-state index contributed by atoms with van der Waals surface area (Å²) in [5.41, 5.74) is -0.101. The van der Waals surface area contributed by atoms with Crippen LogP contribution in [0.3, 0.4) is 0 Å². The molecule has 0 aliphatic heterocycles. The number of benzene rings is 1. The number of ether oxygens (including phenoxy) is 2. The molecule has 0 aliphatic carbocycles. The monoisotopic (exact) mass is 323 g/mol. The van der Waals surface area contributed by atoms with Crippen molar-refractivity contribution in [2.45, 2.75) is 45.4 Å². The maximum absolute atomic E-state index is 12.0. The molecule has 1 aromatic carbocycles. The highest BCUT2D eigenvalue weighted by atomic mass is 16.6. The first-order chi connectivity index (χ1) is 10.6. The van der Waals surface area contributed by atoms with Crippen LogP contribution in [0.25, 0.3) is 0 Å². The fourth-order valence-corrected chi connectivity index (χ4v) is 1.68. The Morgan fingerprint density at radius 1 is 1.13 bits per heavy atom. The van der Waals surface area contributed by atoms with E-state index in [1.807, 2.05) is 11.4 Å². The first kappa shape index (κ1) is 18.5. The maximum atomic E-state index is 12.0. The lowest BCUT2D eigenvalue weighted by molar-refractivity contribution is -0.158. The SMILES string of the molecule is CC(OC(=O)C(NC(=O)OC(C)(C)C)C(=O)O)c1ccccc1. The van der Waals surface area contributed by atoms with Crippen LogP contribution in [0.15, 0.2) is 30.3 Å². The van der Waals surface area contributed by atoms with Crippen molar-refractivity contribution >= 4 is 18.0 Å². The number of rotatable bonds is 5. The predicted octanol–water partition coefficient (Wildman–Crippen LogP) is 2.27. The summed E-state index contributed by atoms with van der Waals surface area (Å²) in [4.78, 5) is 34.8. The number of amides is 1. The van der Waals surface area contributed by atoms with Crippen LogP contribution in [0.5, 0.6) is 0 Å². The van der Waals surface area contributed by atoms with Crippen LogP contribution in [0.4, 0.5) is 4.79 Å². The molecule has 0 bridgehead atoms. The third-order valence-electron chi connectivity index (χ3n) is 2.71. The van der Waals surface area contributed by atoms with Crippen molar-refractivity contribution in [2.75, 3.05) is 0 Å². The molecule has 1 amide bonds. The average molecular weight is 323 g/mol. The molecule has 0 radical (unpaired) electrons. The lowest BCUT2D eigenvalue weighted by atomic mass is 10.1. The van der Waals surface area contributed by atoms with Crippen molar-refractivity contribution in [3.8, 4) is 0 Å². The zero-order valence-corrected chi connectivity index (χ0v) is 13.5. The summed E-state index contributed by atoms with van der Waals surface area (Å²) in [7, 11) is 0. The molecule has 7 heteroatoms. The number of carbonyl (C=O) groups is 3. The fraction of sp³-hybridized carbons (Fsp3) is 0.438. The van der Waals surface area contributed by atoms with Gasteiger partial charge in [-0.25, -0.2) is 14.4 Å². The van der Waals surface area contributed by atoms with E-state index in [0.717, 1.165) is 0 Å². The van der Waals surface area contributed by atoms with Crippen LogP contribution in [-0.4, -0.2) is 34.8 Å². The quantitative estimate of drug-likeness (QED) is 0.636. The predicted molar refractivity (Wildman–Crippen MR) is 81.7 cm³/mol. The minimum Gasteiger partial charge on any atom is -0.479 e. The van der Waals surface area contributed by atoms with Gasteiger partial charge in [0.15, 0.2) is 0 Å². The van der Waals surface area contributed by atoms with Crippen LogP contribution in [0.2, 0.25) is 0 Å². The highest BCUT2D eigenvalue weighted by Crippen LogP contribution is 2.17. The highest BCUT2D eigenvalue weighted by molar-refractivity contribution is 6.00. The minimum atomic E-state index is -1.84. The third kappa shape index (κ3) is 6.37. The molecule has 23 heavy (non-hydrogen) atoms. The summed E-state index contributed by atoms with van der Waals surface area (Å²) in [6.07, 6.45) is -1.65. The van der Waals surface area contributed by atoms with Crippen molar-refractivity contribution in [3.63, 3.8) is 0 Å². The van der Waals surface area contributed by atoms with Gasteiger partial charge >= 0.3 is 18.0 Å². The summed E-state index contributed by atoms with van der Waals surface area (Å²) in [5, 5.41) is 11.1. The van der Waals surface area contributed by atoms with Gasteiger partial charge in [-0.3, -0.25) is 5.32 Å². The Hall–Kier alpha value is -2.57. The number of carbonyl (C=O) groups excluding carboxylic acids is 2. The molecule has 2 unspecified atom stereocenters. The fourth-order valence-electron chi connectivity index (χ4n) is 1.68. The van der Waals surface area contributed by atoms with Gasteiger partial charge < -0.3 is 14.6 Å². The summed E-state index contributed by atoms with van der Waals surface area (Å²) in [5.74, 6) is -2.60. The van der Waals surface area contributed by atoms with E-state index in [0.29, 0.717) is 5.56 Å². The number of alkyl carbamates (subject to hydrolysis) is 1. The maximum Gasteiger partial charge on any atom is 0.408 e. The normalized spacial score (nSPS) is 13.6. The molecule has 1 rings (SSSR count). The largest absolute Gasteiger partial charge is 0.479 e. The Kier molecular flexibility index (Phi) is 6.12. The molecule has 126 valence electrons. The van der Waals surface area contributed by atoms with E-state index in [2.05, 4.69) is 0 Å². The van der Waals surface area contributed by atoms with Crippen LogP contribution >= 0.6 is 0 Å². The Bertz CT molecular complexity index is 564. The van der Waals surface area contributed by atoms with Gasteiger partial charge in [-0.15, -0.1) is 0 Å². The van der Waals surface area contributed by atoms with E-state index in [1.165, 1.54) is 0 Å². The first-order valence-corrected chi connectivity index (χ1v) is 7.08. The van der Waals surface area contributed by atoms with Crippen molar-refractivity contribution in [2.24, 2.45) is 0 Å². The Labute approximate surface area is 134 Å². The van der Waals surface area contributed by atoms with E-state index in [-0.39, 0.29) is 0 Å². The minimum absolute atomic E-state index is 0.647. The summed E-state index contributed by atoms with van der Waals surface area (Å²) in [6.45, 7) is 6.48. The molecule has 0 aromatic heterocycles. The standard InChI is InChI=1S/C16H21NO6/c1-10(11-8-6-5-7-9-11)22-14(20)12(13(18)19)17-15(21)23-16(2,3)4/h5-10,12H,1-4H3,(H,17,21)(H,18,19). The molecular weight excluding hydrogens is 302 g/mol. The molecule has 0 spiro atoms. The van der Waals surface area contributed by atoms with Gasteiger partial charge in [-0.1, -0.05) is 30.3 Å². The van der Waals surface area contributed by atoms with Crippen LogP contribution in [-0.2, 0) is 19.1 Å². The van der Waals surface area contributed by atoms with Crippen molar-refractivity contribution in [3.05, 3.63) is 35.9 Å². The van der Waals surface area contributed by atoms with E-state index >= 15 is 0 Å². The van der Waals surface area contributed by atoms with Gasteiger partial charge in [0.05, 0.1) is 0 Å². The lowest BCUT2D eigenvalue weighted by Crippen LogP contribution is -2.49. The number of nitrogens with one attached hydrogen (secondary N) is 1. The van der Waals surface area contributed by atoms with Crippen molar-refractivity contribution < 1.29 is 29.0 Å². The number of aliphatic carboxylic acids is 1. The van der Waals surface area contributed by atoms with Crippen molar-refractivity contribution in [1.82, 2.24) is 5.32 Å². The molecule has 0 fully saturated rings. The number of esters is 1. The average Bonchev–Trinajstić information content (AvgIpc) is 2.43. The van der Waals surface area contributed by atoms with Gasteiger partial charge in [0, 0.05) is 0 Å². The second-order valence-corrected chi connectivity index (χ2v) is 5.91. The molecule has 7 nitrogen and oxygen atoms in total. The van der Waals surface area contributed by atoms with Gasteiger partial charge in [-0.2, -0.15) is 0 Å². The van der Waals surface area contributed by atoms with Gasteiger partial charge in [0.2, 0.25) is 6.04 Å². The van der Waals surface area contributed by atoms with Crippen LogP contribution < -0.4 is 5.32 Å². The molecule has 2 atom stereocenters. The topological polar surface area (TPSA) is 102 Å². The van der Waals surface area contributed by atoms with E-state index < -0.39 is 35.8 Å². The number of carboxylic acids is 1. The van der Waals surface area contributed by atoms with E-state index in [1.54, 1.807) is 52.0 Å². The zero-order valence-electron chi connectivity index (χ0n) is 13.5. The van der Waals surface area contributed by atoms with E-state index in [4.69, 9.17) is 14.6 Å². The van der Waals surface area contributed by atoms with Gasteiger partial charge in [0.25, 0.3) is 0 Å². The summed E-state index contributed by atoms with van der Waals surface area (Å²) < 4.78 is 10.0. The zero-order chi connectivity index (χ0) is 17.6. The summed E-state index contributed by atoms with van der Waals surface area (Å²) in [6, 6.07) is 7.00. The highest BCUT2D eigenvalue weighted by Gasteiger charge is 2.32. The number of carboxylic acid groups (broad SMARTS) is 1. The Balaban J connectivity index is 2.72. The molecule has 1 aromatic rings. The van der Waals surface area contributed by atoms with E-state index in [9.17, 15) is 14.4 Å². The molecule has 0 heterocycles. The first-order valence-electron chi connectivity index (χ1n) is 7.08. The Morgan fingerprint density at radius 3 is 2.17 bits per heavy atom. The molecular formula is C16H21NO6. The van der Waals surface area contributed by atoms with Crippen LogP contribution in [0.1, 0.15) is 39.4 Å². The van der Waals surface area contributed by atoms with Crippen LogP contribution in [0, 0.1) is 0 Å². The second kappa shape index (κ2) is 7.62. The molecule has 0 aliphatic rings. The molecule has 0 saturated carbocycles. The lowest BCUT2D eigenvalue weighted by Gasteiger charge is -2.22. The Morgan fingerprint density at radius 2 is 1.70 bits per heavy atom. The number of hydrogen-bond acceptors (Lipinski definition) is 5. The van der Waals surface area contributed by atoms with Gasteiger partial charge in [-0.05, 0) is 33.3 Å². The second-order valence-electron chi connectivity index (χ2n) is 5.91. The number of hydrogen-bond donors (Lipinski definition) is 2. The third-order valence-corrected chi connectivity index (χ3v) is 2.71. The molecule has 0 saturated heterocycles. The van der Waals surface area contributed by atoms with Gasteiger partial charge in [0.1, 0.15) is 11.7 Å². The van der Waals surface area contributed by atoms with Crippen molar-refractivity contribution in [1.29, 1.82) is 0 Å². The molecule has 2 N–H and O–H groups in total. The smallest absolute Gasteiger partial charge is 0.408 e.